The molecular formula is C17H21Cl2N6O4S-. The summed E-state index contributed by atoms with van der Waals surface area (Å²) in [7, 11) is -1.25. The van der Waals surface area contributed by atoms with Crippen molar-refractivity contribution in [3.05, 3.63) is 45.8 Å². The normalized spacial score (nSPS) is 17.6. The Hall–Kier alpha value is -2.05. The Kier molecular flexibility index (Phi) is 6.78. The van der Waals surface area contributed by atoms with Crippen LogP contribution in [0.1, 0.15) is 12.8 Å². The number of carbonyl (C=O) groups excluding carboxylic acids is 1. The van der Waals surface area contributed by atoms with Crippen molar-refractivity contribution in [2.75, 3.05) is 29.8 Å². The fourth-order valence-corrected chi connectivity index (χ4v) is 5.22. The number of nitrogens with zero attached hydrogens (tertiary/aromatic N) is 5. The molecule has 1 aromatic carbocycles. The fourth-order valence-electron chi connectivity index (χ4n) is 3.36. The molecule has 3 rings (SSSR count). The van der Waals surface area contributed by atoms with E-state index in [-0.39, 0.29) is 21.4 Å². The summed E-state index contributed by atoms with van der Waals surface area (Å²) in [4.78, 5) is 14.4. The highest BCUT2D eigenvalue weighted by molar-refractivity contribution is 7.91. The maximum atomic E-state index is 13.2. The maximum Gasteiger partial charge on any atom is 0.326 e. The summed E-state index contributed by atoms with van der Waals surface area (Å²) in [5, 5.41) is 19.3. The number of nitrogens with one attached hydrogen (secondary N) is 1. The molecular weight excluding hydrogens is 455 g/mol. The number of aryl methyl sites for hydroxylation is 1. The largest absolute Gasteiger partial charge is 0.740 e. The van der Waals surface area contributed by atoms with E-state index in [2.05, 4.69) is 10.4 Å². The summed E-state index contributed by atoms with van der Waals surface area (Å²) in [5.74, 6) is 0. The Balaban J connectivity index is 1.90. The van der Waals surface area contributed by atoms with Crippen molar-refractivity contribution >= 4 is 50.8 Å². The second-order valence-electron chi connectivity index (χ2n) is 7.05. The lowest BCUT2D eigenvalue weighted by molar-refractivity contribution is 0.241. The number of likely N-dealkylation sites (N-methyl/N-ethyl adjacent to an activating group) is 1. The van der Waals surface area contributed by atoms with Gasteiger partial charge in [-0.25, -0.2) is 9.10 Å². The van der Waals surface area contributed by atoms with Gasteiger partial charge in [-0.15, -0.1) is 0 Å². The first-order valence-corrected chi connectivity index (χ1v) is 11.2. The van der Waals surface area contributed by atoms with Gasteiger partial charge in [0.05, 0.1) is 17.9 Å². The number of aromatic nitrogens is 2. The highest BCUT2D eigenvalue weighted by Gasteiger charge is 2.36. The second-order valence-corrected chi connectivity index (χ2v) is 9.54. The predicted molar refractivity (Wildman–Crippen MR) is 116 cm³/mol. The van der Waals surface area contributed by atoms with Gasteiger partial charge in [-0.3, -0.25) is 9.15 Å². The van der Waals surface area contributed by atoms with E-state index >= 15 is 0 Å². The number of rotatable bonds is 5. The van der Waals surface area contributed by atoms with E-state index in [0.29, 0.717) is 13.0 Å². The quantitative estimate of drug-likeness (QED) is 0.664. The minimum Gasteiger partial charge on any atom is -0.740 e. The van der Waals surface area contributed by atoms with Gasteiger partial charge in [0.1, 0.15) is 0 Å². The van der Waals surface area contributed by atoms with Crippen LogP contribution in [0.4, 0.5) is 16.2 Å². The van der Waals surface area contributed by atoms with Crippen molar-refractivity contribution in [1.82, 2.24) is 19.1 Å². The van der Waals surface area contributed by atoms with Gasteiger partial charge in [0.15, 0.2) is 0 Å². The Morgan fingerprint density at radius 3 is 2.50 bits per heavy atom. The van der Waals surface area contributed by atoms with Gasteiger partial charge in [0.25, 0.3) is 0 Å². The number of anilines is 2. The number of hydroxylamine groups is 1. The molecule has 0 aliphatic carbocycles. The van der Waals surface area contributed by atoms with Crippen molar-refractivity contribution in [2.45, 2.75) is 18.9 Å². The molecule has 1 saturated heterocycles. The molecule has 0 saturated carbocycles. The highest BCUT2D eigenvalue weighted by atomic mass is 35.5. The van der Waals surface area contributed by atoms with Crippen LogP contribution in [0, 0.1) is 5.21 Å². The highest BCUT2D eigenvalue weighted by Crippen LogP contribution is 2.28. The maximum absolute atomic E-state index is 13.2. The molecule has 2 heterocycles. The van der Waals surface area contributed by atoms with Gasteiger partial charge in [0, 0.05) is 35.5 Å². The molecule has 0 spiro atoms. The minimum absolute atomic E-state index is 0.0962. The zero-order valence-corrected chi connectivity index (χ0v) is 18.7. The fraction of sp³-hybridized carbons (Fsp3) is 0.412. The van der Waals surface area contributed by atoms with Gasteiger partial charge in [-0.1, -0.05) is 23.2 Å². The number of likely N-dealkylation sites (tertiary alicyclic amines) is 1. The number of carbonyl (C=O) groups is 1. The first kappa shape index (κ1) is 22.6. The van der Waals surface area contributed by atoms with Crippen molar-refractivity contribution in [3.63, 3.8) is 0 Å². The van der Waals surface area contributed by atoms with Gasteiger partial charge in [0.2, 0.25) is 0 Å². The number of halogens is 2. The van der Waals surface area contributed by atoms with Gasteiger partial charge in [-0.2, -0.15) is 13.5 Å². The van der Waals surface area contributed by atoms with E-state index < -0.39 is 26.8 Å². The van der Waals surface area contributed by atoms with Crippen molar-refractivity contribution in [1.29, 1.82) is 0 Å². The average Bonchev–Trinajstić information content (AvgIpc) is 3.05. The molecule has 30 heavy (non-hydrogen) atoms. The van der Waals surface area contributed by atoms with Gasteiger partial charge in [-0.05, 0) is 44.6 Å². The van der Waals surface area contributed by atoms with Crippen LogP contribution in [0.2, 0.25) is 10.0 Å². The van der Waals surface area contributed by atoms with Crippen LogP contribution in [0.3, 0.4) is 0 Å². The third-order valence-electron chi connectivity index (χ3n) is 4.61. The molecule has 1 aromatic heterocycles. The number of benzene rings is 1. The number of urea groups is 1. The molecule has 164 valence electrons. The third-order valence-corrected chi connectivity index (χ3v) is 6.64. The first-order valence-electron chi connectivity index (χ1n) is 9.04. The molecule has 2 amide bonds. The van der Waals surface area contributed by atoms with Crippen LogP contribution in [-0.4, -0.2) is 59.8 Å². The monoisotopic (exact) mass is 475 g/mol. The minimum atomic E-state index is -4.75. The molecule has 1 N–H and O–H groups in total. The van der Waals surface area contributed by atoms with Crippen molar-refractivity contribution < 1.29 is 13.2 Å². The summed E-state index contributed by atoms with van der Waals surface area (Å²) < 4.78 is 28.2. The molecule has 0 radical (unpaired) electrons. The summed E-state index contributed by atoms with van der Waals surface area (Å²) in [5.41, 5.74) is 0.302. The number of hydrogen-bond donors (Lipinski definition) is 1. The summed E-state index contributed by atoms with van der Waals surface area (Å²) >= 11 is 11.8. The van der Waals surface area contributed by atoms with Gasteiger partial charge < -0.3 is 15.4 Å². The molecule has 1 aliphatic heterocycles. The van der Waals surface area contributed by atoms with E-state index in [1.165, 1.54) is 35.3 Å². The van der Waals surface area contributed by atoms with Crippen molar-refractivity contribution in [3.8, 4) is 0 Å². The van der Waals surface area contributed by atoms with E-state index in [9.17, 15) is 18.4 Å². The van der Waals surface area contributed by atoms with Crippen LogP contribution >= 0.6 is 23.2 Å². The number of piperidine rings is 1. The molecule has 0 bridgehead atoms. The van der Waals surface area contributed by atoms with Gasteiger partial charge >= 0.3 is 16.2 Å². The summed E-state index contributed by atoms with van der Waals surface area (Å²) in [6.45, 7) is 1.22. The lowest BCUT2D eigenvalue weighted by atomic mass is 10.1. The van der Waals surface area contributed by atoms with E-state index in [0.717, 1.165) is 17.3 Å². The Morgan fingerprint density at radius 2 is 1.93 bits per heavy atom. The zero-order valence-electron chi connectivity index (χ0n) is 16.3. The molecule has 1 atom stereocenters. The molecule has 1 fully saturated rings. The van der Waals surface area contributed by atoms with Crippen LogP contribution in [0.25, 0.3) is 0 Å². The lowest BCUT2D eigenvalue weighted by Crippen LogP contribution is -2.54. The van der Waals surface area contributed by atoms with E-state index in [1.807, 2.05) is 11.9 Å². The molecule has 13 heteroatoms. The zero-order chi connectivity index (χ0) is 22.1. The molecule has 10 nitrogen and oxygen atoms in total. The Bertz CT molecular complexity index is 1010. The molecule has 2 aromatic rings. The summed E-state index contributed by atoms with van der Waals surface area (Å²) in [6.07, 6.45) is 4.11. The van der Waals surface area contributed by atoms with Crippen LogP contribution in [0.5, 0.6) is 0 Å². The summed E-state index contributed by atoms with van der Waals surface area (Å²) in [6, 6.07) is 2.23. The Morgan fingerprint density at radius 1 is 1.27 bits per heavy atom. The van der Waals surface area contributed by atoms with Crippen LogP contribution in [-0.2, 0) is 17.3 Å². The van der Waals surface area contributed by atoms with Crippen molar-refractivity contribution in [2.24, 2.45) is 7.05 Å². The predicted octanol–water partition coefficient (Wildman–Crippen LogP) is 2.90. The van der Waals surface area contributed by atoms with Crippen LogP contribution < -0.4 is 9.62 Å². The molecule has 1 unspecified atom stereocenters. The smallest absolute Gasteiger partial charge is 0.326 e. The van der Waals surface area contributed by atoms with Crippen LogP contribution in [0.15, 0.2) is 30.6 Å². The van der Waals surface area contributed by atoms with E-state index in [4.69, 9.17) is 23.2 Å². The third kappa shape index (κ3) is 4.98. The Labute approximate surface area is 184 Å². The number of hydrogen-bond acceptors (Lipinski definition) is 6. The molecule has 1 aliphatic rings. The topological polar surface area (TPSA) is 114 Å². The van der Waals surface area contributed by atoms with E-state index in [1.54, 1.807) is 7.05 Å². The standard InChI is InChI=1S/C17H21Cl2N6O4S/c1-22-5-3-4-15(10-22)24(16-9-20-23(2)11-16)30(28,29)25(27)17(26)21-14-7-12(18)6-13(19)8-14/h6-9,11,15H,3-5,10H2,1-2H3,(H,21,26)/q-1. The second kappa shape index (κ2) is 8.98. The number of amides is 2. The SMILES string of the molecule is CN1CCCC(N(c2cnn(C)c2)S(=O)(=O)N([O-])C(=O)Nc2cc(Cl)cc(Cl)c2)C1. The lowest BCUT2D eigenvalue weighted by Gasteiger charge is -2.41. The average molecular weight is 476 g/mol. The first-order chi connectivity index (χ1) is 14.1.